The van der Waals surface area contributed by atoms with Crippen LogP contribution in [0.5, 0.6) is 0 Å². The van der Waals surface area contributed by atoms with Crippen LogP contribution in [-0.2, 0) is 4.79 Å². The summed E-state index contributed by atoms with van der Waals surface area (Å²) in [5, 5.41) is 0. The highest BCUT2D eigenvalue weighted by molar-refractivity contribution is 5.86. The zero-order valence-electron chi connectivity index (χ0n) is 10.4. The highest BCUT2D eigenvalue weighted by atomic mass is 16.1. The van der Waals surface area contributed by atoms with Gasteiger partial charge < -0.3 is 5.73 Å². The molecule has 0 aromatic heterocycles. The van der Waals surface area contributed by atoms with E-state index in [0.717, 1.165) is 18.8 Å². The minimum atomic E-state index is -0.316. The molecule has 88 valence electrons. The molecule has 2 nitrogen and oxygen atoms in total. The molecule has 0 bridgehead atoms. The van der Waals surface area contributed by atoms with E-state index in [-0.39, 0.29) is 11.3 Å². The monoisotopic (exact) mass is 211 g/mol. The summed E-state index contributed by atoms with van der Waals surface area (Å²) >= 11 is 0. The zero-order valence-corrected chi connectivity index (χ0v) is 10.4. The quantitative estimate of drug-likeness (QED) is 0.777. The molecule has 0 atom stereocenters. The van der Waals surface area contributed by atoms with E-state index >= 15 is 0 Å². The average molecular weight is 211 g/mol. The number of Topliss-reactive ketones (excluding diaryl/α,β-unsaturated/α-hetero) is 1. The van der Waals surface area contributed by atoms with Gasteiger partial charge in [0, 0.05) is 17.9 Å². The van der Waals surface area contributed by atoms with Crippen molar-refractivity contribution in [3.63, 3.8) is 0 Å². The third-order valence-corrected chi connectivity index (χ3v) is 3.97. The summed E-state index contributed by atoms with van der Waals surface area (Å²) in [7, 11) is 0. The number of rotatable bonds is 4. The maximum atomic E-state index is 12.2. The molecule has 0 aromatic carbocycles. The lowest BCUT2D eigenvalue weighted by atomic mass is 9.72. The number of ketones is 1. The molecule has 0 radical (unpaired) electrons. The van der Waals surface area contributed by atoms with Gasteiger partial charge in [0.05, 0.1) is 0 Å². The SMILES string of the molecule is CCC1CCC(C(=O)C(C)(C)CN)CC1. The van der Waals surface area contributed by atoms with Crippen LogP contribution in [0.3, 0.4) is 0 Å². The fourth-order valence-electron chi connectivity index (χ4n) is 2.49. The number of hydrogen-bond acceptors (Lipinski definition) is 2. The van der Waals surface area contributed by atoms with Crippen molar-refractivity contribution in [3.8, 4) is 0 Å². The second-order valence-corrected chi connectivity index (χ2v) is 5.58. The number of hydrogen-bond donors (Lipinski definition) is 1. The minimum absolute atomic E-state index is 0.284. The molecule has 1 aliphatic rings. The van der Waals surface area contributed by atoms with E-state index < -0.39 is 0 Å². The van der Waals surface area contributed by atoms with Gasteiger partial charge in [-0.3, -0.25) is 4.79 Å². The van der Waals surface area contributed by atoms with E-state index in [9.17, 15) is 4.79 Å². The highest BCUT2D eigenvalue weighted by Crippen LogP contribution is 2.34. The fraction of sp³-hybridized carbons (Fsp3) is 0.923. The first-order valence-electron chi connectivity index (χ1n) is 6.25. The number of nitrogens with two attached hydrogens (primary N) is 1. The maximum absolute atomic E-state index is 12.2. The third-order valence-electron chi connectivity index (χ3n) is 3.97. The smallest absolute Gasteiger partial charge is 0.142 e. The Balaban J connectivity index is 2.50. The molecule has 0 heterocycles. The molecule has 0 amide bonds. The first-order chi connectivity index (χ1) is 7.01. The molecule has 0 spiro atoms. The highest BCUT2D eigenvalue weighted by Gasteiger charge is 2.34. The van der Waals surface area contributed by atoms with Crippen molar-refractivity contribution in [3.05, 3.63) is 0 Å². The zero-order chi connectivity index (χ0) is 11.5. The lowest BCUT2D eigenvalue weighted by Crippen LogP contribution is -2.38. The lowest BCUT2D eigenvalue weighted by molar-refractivity contribution is -0.132. The summed E-state index contributed by atoms with van der Waals surface area (Å²) in [6.07, 6.45) is 5.89. The van der Waals surface area contributed by atoms with Crippen molar-refractivity contribution in [2.75, 3.05) is 6.54 Å². The Morgan fingerprint density at radius 1 is 1.27 bits per heavy atom. The van der Waals surface area contributed by atoms with Gasteiger partial charge in [-0.25, -0.2) is 0 Å². The Bertz CT molecular complexity index is 215. The van der Waals surface area contributed by atoms with Crippen molar-refractivity contribution in [2.24, 2.45) is 23.0 Å². The number of carbonyl (C=O) groups is 1. The maximum Gasteiger partial charge on any atom is 0.142 e. The molecule has 1 rings (SSSR count). The second kappa shape index (κ2) is 5.11. The Hall–Kier alpha value is -0.370. The van der Waals surface area contributed by atoms with Crippen molar-refractivity contribution in [2.45, 2.75) is 52.9 Å². The van der Waals surface area contributed by atoms with Crippen LogP contribution in [-0.4, -0.2) is 12.3 Å². The molecular weight excluding hydrogens is 186 g/mol. The molecule has 15 heavy (non-hydrogen) atoms. The summed E-state index contributed by atoms with van der Waals surface area (Å²) in [6, 6.07) is 0. The molecule has 1 saturated carbocycles. The van der Waals surface area contributed by atoms with Crippen LogP contribution in [0.15, 0.2) is 0 Å². The van der Waals surface area contributed by atoms with E-state index in [0.29, 0.717) is 12.3 Å². The van der Waals surface area contributed by atoms with E-state index in [4.69, 9.17) is 5.73 Å². The summed E-state index contributed by atoms with van der Waals surface area (Å²) < 4.78 is 0. The first kappa shape index (κ1) is 12.7. The summed E-state index contributed by atoms with van der Waals surface area (Å²) in [6.45, 7) is 6.67. The minimum Gasteiger partial charge on any atom is -0.329 e. The first-order valence-corrected chi connectivity index (χ1v) is 6.25. The van der Waals surface area contributed by atoms with Crippen molar-refractivity contribution >= 4 is 5.78 Å². The lowest BCUT2D eigenvalue weighted by Gasteiger charge is -2.32. The normalized spacial score (nSPS) is 27.7. The molecular formula is C13H25NO. The van der Waals surface area contributed by atoms with Gasteiger partial charge in [-0.05, 0) is 31.6 Å². The predicted molar refractivity (Wildman–Crippen MR) is 63.6 cm³/mol. The van der Waals surface area contributed by atoms with Crippen LogP contribution in [0.1, 0.15) is 52.9 Å². The summed E-state index contributed by atoms with van der Waals surface area (Å²) in [4.78, 5) is 12.2. The van der Waals surface area contributed by atoms with Crippen LogP contribution in [0.25, 0.3) is 0 Å². The molecule has 1 fully saturated rings. The van der Waals surface area contributed by atoms with Crippen molar-refractivity contribution < 1.29 is 4.79 Å². The number of carbonyl (C=O) groups excluding carboxylic acids is 1. The van der Waals surface area contributed by atoms with Gasteiger partial charge in [-0.2, -0.15) is 0 Å². The standard InChI is InChI=1S/C13H25NO/c1-4-10-5-7-11(8-6-10)12(15)13(2,3)9-14/h10-11H,4-9,14H2,1-3H3. The largest absolute Gasteiger partial charge is 0.329 e. The van der Waals surface area contributed by atoms with Gasteiger partial charge >= 0.3 is 0 Å². The van der Waals surface area contributed by atoms with Gasteiger partial charge in [-0.1, -0.05) is 27.2 Å². The Labute approximate surface area is 93.6 Å². The molecule has 0 aliphatic heterocycles. The Kier molecular flexibility index (Phi) is 4.32. The Morgan fingerprint density at radius 3 is 2.20 bits per heavy atom. The van der Waals surface area contributed by atoms with Gasteiger partial charge in [0.15, 0.2) is 0 Å². The average Bonchev–Trinajstić information content (AvgIpc) is 2.28. The van der Waals surface area contributed by atoms with E-state index in [1.807, 2.05) is 13.8 Å². The van der Waals surface area contributed by atoms with Gasteiger partial charge in [-0.15, -0.1) is 0 Å². The van der Waals surface area contributed by atoms with Crippen molar-refractivity contribution in [1.82, 2.24) is 0 Å². The molecule has 1 aliphatic carbocycles. The third kappa shape index (κ3) is 3.04. The predicted octanol–water partition coefficient (Wildman–Crippen LogP) is 2.76. The summed E-state index contributed by atoms with van der Waals surface area (Å²) in [5.74, 6) is 1.53. The topological polar surface area (TPSA) is 43.1 Å². The van der Waals surface area contributed by atoms with Gasteiger partial charge in [0.2, 0.25) is 0 Å². The van der Waals surface area contributed by atoms with Crippen molar-refractivity contribution in [1.29, 1.82) is 0 Å². The van der Waals surface area contributed by atoms with Crippen LogP contribution >= 0.6 is 0 Å². The molecule has 2 N–H and O–H groups in total. The Morgan fingerprint density at radius 2 is 1.80 bits per heavy atom. The molecule has 0 saturated heterocycles. The van der Waals surface area contributed by atoms with E-state index in [2.05, 4.69) is 6.92 Å². The van der Waals surface area contributed by atoms with Crippen LogP contribution in [0.4, 0.5) is 0 Å². The fourth-order valence-corrected chi connectivity index (χ4v) is 2.49. The molecule has 0 unspecified atom stereocenters. The molecule has 0 aromatic rings. The van der Waals surface area contributed by atoms with Crippen LogP contribution in [0.2, 0.25) is 0 Å². The molecule has 2 heteroatoms. The summed E-state index contributed by atoms with van der Waals surface area (Å²) in [5.41, 5.74) is 5.33. The van der Waals surface area contributed by atoms with E-state index in [1.54, 1.807) is 0 Å². The van der Waals surface area contributed by atoms with Crippen LogP contribution < -0.4 is 5.73 Å². The second-order valence-electron chi connectivity index (χ2n) is 5.58. The van der Waals surface area contributed by atoms with Gasteiger partial charge in [0.25, 0.3) is 0 Å². The van der Waals surface area contributed by atoms with E-state index in [1.165, 1.54) is 19.3 Å². The van der Waals surface area contributed by atoms with Crippen LogP contribution in [0, 0.1) is 17.3 Å². The van der Waals surface area contributed by atoms with Gasteiger partial charge in [0.1, 0.15) is 5.78 Å².